The van der Waals surface area contributed by atoms with E-state index in [1.54, 1.807) is 6.26 Å². The van der Waals surface area contributed by atoms with Crippen molar-refractivity contribution in [1.29, 1.82) is 0 Å². The molecule has 0 bridgehead atoms. The van der Waals surface area contributed by atoms with E-state index < -0.39 is 96.7 Å². The fraction of sp³-hybridized carbons (Fsp3) is 0.733. The quantitative estimate of drug-likeness (QED) is 0.0389. The first kappa shape index (κ1) is 46.0. The summed E-state index contributed by atoms with van der Waals surface area (Å²) in [5.74, 6) is -7.04. The second kappa shape index (κ2) is 25.0. The van der Waals surface area contributed by atoms with Gasteiger partial charge in [0.05, 0.1) is 13.2 Å². The molecule has 0 spiro atoms. The maximum atomic E-state index is 13.3. The molecule has 0 aliphatic carbocycles. The molecular formula is C30H54N8O11S. The van der Waals surface area contributed by atoms with Gasteiger partial charge in [-0.1, -0.05) is 13.8 Å². The van der Waals surface area contributed by atoms with Crippen LogP contribution in [0.3, 0.4) is 0 Å². The first-order chi connectivity index (χ1) is 23.5. The van der Waals surface area contributed by atoms with Gasteiger partial charge < -0.3 is 58.7 Å². The molecule has 0 radical (unpaired) electrons. The molecule has 0 heterocycles. The highest BCUT2D eigenvalue weighted by Gasteiger charge is 2.32. The highest BCUT2D eigenvalue weighted by molar-refractivity contribution is 7.98. The van der Waals surface area contributed by atoms with Crippen molar-refractivity contribution in [3.8, 4) is 0 Å². The number of hydrogen-bond donors (Lipinski definition) is 11. The van der Waals surface area contributed by atoms with E-state index in [0.717, 1.165) is 0 Å². The minimum absolute atomic E-state index is 0.0230. The van der Waals surface area contributed by atoms with Crippen molar-refractivity contribution >= 4 is 59.1 Å². The molecule has 19 nitrogen and oxygen atoms in total. The fourth-order valence-corrected chi connectivity index (χ4v) is 4.91. The van der Waals surface area contributed by atoms with Gasteiger partial charge in [-0.15, -0.1) is 0 Å². The Morgan fingerprint density at radius 2 is 1.16 bits per heavy atom. The number of carbonyl (C=O) groups excluding carboxylic acids is 6. The van der Waals surface area contributed by atoms with Gasteiger partial charge in [0.15, 0.2) is 0 Å². The van der Waals surface area contributed by atoms with Gasteiger partial charge in [0.1, 0.15) is 36.3 Å². The largest absolute Gasteiger partial charge is 0.481 e. The third kappa shape index (κ3) is 18.7. The molecule has 0 unspecified atom stereocenters. The van der Waals surface area contributed by atoms with Gasteiger partial charge in [-0.05, 0) is 69.9 Å². The van der Waals surface area contributed by atoms with Crippen LogP contribution in [0.15, 0.2) is 0 Å². The van der Waals surface area contributed by atoms with Gasteiger partial charge in [-0.3, -0.25) is 33.6 Å². The lowest BCUT2D eigenvalue weighted by Crippen LogP contribution is -2.60. The Morgan fingerprint density at radius 1 is 0.640 bits per heavy atom. The van der Waals surface area contributed by atoms with Crippen molar-refractivity contribution in [2.75, 3.05) is 31.7 Å². The van der Waals surface area contributed by atoms with E-state index in [4.69, 9.17) is 16.6 Å². The van der Waals surface area contributed by atoms with Gasteiger partial charge in [0.25, 0.3) is 0 Å². The van der Waals surface area contributed by atoms with Crippen LogP contribution in [-0.4, -0.2) is 131 Å². The lowest BCUT2D eigenvalue weighted by atomic mass is 10.0. The second-order valence-electron chi connectivity index (χ2n) is 11.9. The molecule has 0 aliphatic heterocycles. The lowest BCUT2D eigenvalue weighted by molar-refractivity contribution is -0.143. The van der Waals surface area contributed by atoms with Crippen LogP contribution < -0.4 is 43.4 Å². The minimum Gasteiger partial charge on any atom is -0.481 e. The molecule has 50 heavy (non-hydrogen) atoms. The molecule has 20 heteroatoms. The number of nitrogens with one attached hydrogen (secondary N) is 6. The number of aliphatic carboxylic acids is 2. The standard InChI is InChI=1S/C30H54N8O11S/c1-16(2)13-21(34-23(40)14-32)28(46)38-22(15-39)29(47)36-19(10-12-50-4)26(44)33-17(3)25(43)35-18(7-5-6-11-31)27(45)37-20(30(48)49)8-9-24(41)42/h16-22,39H,5-15,31-32H2,1-4H3,(H,33,44)(H,34,40)(H,35,43)(H,36,47)(H,37,45)(H,38,46)(H,41,42)(H,48,49)/t17-,18-,19-,20-,21-,22-/m0/s1. The number of nitrogens with two attached hydrogens (primary N) is 2. The molecule has 286 valence electrons. The Kier molecular flexibility index (Phi) is 23.0. The number of carboxylic acid groups (broad SMARTS) is 2. The number of aliphatic hydroxyl groups is 1. The Labute approximate surface area is 295 Å². The maximum absolute atomic E-state index is 13.3. The summed E-state index contributed by atoms with van der Waals surface area (Å²) in [6.07, 6.45) is 2.10. The van der Waals surface area contributed by atoms with Crippen molar-refractivity contribution in [3.05, 3.63) is 0 Å². The van der Waals surface area contributed by atoms with Crippen LogP contribution in [0, 0.1) is 5.92 Å². The van der Waals surface area contributed by atoms with Crippen molar-refractivity contribution in [1.82, 2.24) is 31.9 Å². The molecule has 0 saturated heterocycles. The molecule has 13 N–H and O–H groups in total. The average molecular weight is 735 g/mol. The third-order valence-electron chi connectivity index (χ3n) is 7.20. The average Bonchev–Trinajstić information content (AvgIpc) is 3.05. The zero-order chi connectivity index (χ0) is 38.4. The van der Waals surface area contributed by atoms with E-state index in [-0.39, 0.29) is 38.1 Å². The van der Waals surface area contributed by atoms with E-state index >= 15 is 0 Å². The van der Waals surface area contributed by atoms with Crippen LogP contribution >= 0.6 is 11.8 Å². The van der Waals surface area contributed by atoms with Gasteiger partial charge >= 0.3 is 11.9 Å². The monoisotopic (exact) mass is 734 g/mol. The van der Waals surface area contributed by atoms with Gasteiger partial charge in [-0.2, -0.15) is 11.8 Å². The molecule has 0 aromatic carbocycles. The van der Waals surface area contributed by atoms with Crippen LogP contribution in [0.5, 0.6) is 0 Å². The molecule has 0 fully saturated rings. The molecule has 0 aromatic rings. The normalized spacial score (nSPS) is 14.6. The van der Waals surface area contributed by atoms with E-state index in [0.29, 0.717) is 25.1 Å². The summed E-state index contributed by atoms with van der Waals surface area (Å²) >= 11 is 1.37. The van der Waals surface area contributed by atoms with Crippen LogP contribution in [0.25, 0.3) is 0 Å². The molecule has 6 amide bonds. The highest BCUT2D eigenvalue weighted by atomic mass is 32.2. The summed E-state index contributed by atoms with van der Waals surface area (Å²) in [5, 5.41) is 42.7. The van der Waals surface area contributed by atoms with Crippen molar-refractivity contribution in [3.63, 3.8) is 0 Å². The smallest absolute Gasteiger partial charge is 0.326 e. The molecule has 0 saturated carbocycles. The fourth-order valence-electron chi connectivity index (χ4n) is 4.43. The van der Waals surface area contributed by atoms with Crippen LogP contribution in [0.1, 0.15) is 65.7 Å². The SMILES string of the molecule is CSCC[C@H](NC(=O)[C@H](CO)NC(=O)[C@H](CC(C)C)NC(=O)CN)C(=O)N[C@@H](C)C(=O)N[C@@H](CCCCN)C(=O)N[C@@H](CCC(=O)O)C(=O)O. The van der Waals surface area contributed by atoms with E-state index in [1.807, 2.05) is 13.8 Å². The number of aliphatic hydroxyl groups excluding tert-OH is 1. The van der Waals surface area contributed by atoms with Crippen molar-refractivity contribution in [2.24, 2.45) is 17.4 Å². The summed E-state index contributed by atoms with van der Waals surface area (Å²) in [6.45, 7) is 4.05. The number of rotatable bonds is 26. The minimum atomic E-state index is -1.52. The Balaban J connectivity index is 5.72. The van der Waals surface area contributed by atoms with Crippen LogP contribution in [-0.2, 0) is 38.4 Å². The van der Waals surface area contributed by atoms with E-state index in [2.05, 4.69) is 31.9 Å². The molecule has 0 aromatic heterocycles. The van der Waals surface area contributed by atoms with Gasteiger partial charge in [-0.25, -0.2) is 4.79 Å². The summed E-state index contributed by atoms with van der Waals surface area (Å²) in [4.78, 5) is 99.7. The second-order valence-corrected chi connectivity index (χ2v) is 12.9. The van der Waals surface area contributed by atoms with Crippen LogP contribution in [0.2, 0.25) is 0 Å². The lowest BCUT2D eigenvalue weighted by Gasteiger charge is -2.26. The number of thioether (sulfide) groups is 1. The van der Waals surface area contributed by atoms with E-state index in [1.165, 1.54) is 18.7 Å². The third-order valence-corrected chi connectivity index (χ3v) is 7.84. The van der Waals surface area contributed by atoms with Crippen molar-refractivity contribution < 1.29 is 53.7 Å². The summed E-state index contributed by atoms with van der Waals surface area (Å²) < 4.78 is 0. The molecular weight excluding hydrogens is 680 g/mol. The molecule has 0 rings (SSSR count). The Bertz CT molecular complexity index is 1160. The van der Waals surface area contributed by atoms with Crippen LogP contribution in [0.4, 0.5) is 0 Å². The molecule has 6 atom stereocenters. The van der Waals surface area contributed by atoms with Gasteiger partial charge in [0, 0.05) is 6.42 Å². The highest BCUT2D eigenvalue weighted by Crippen LogP contribution is 2.08. The number of amides is 6. The zero-order valence-corrected chi connectivity index (χ0v) is 29.8. The number of carboxylic acids is 2. The van der Waals surface area contributed by atoms with E-state index in [9.17, 15) is 48.6 Å². The predicted molar refractivity (Wildman–Crippen MR) is 183 cm³/mol. The predicted octanol–water partition coefficient (Wildman–Crippen LogP) is -3.26. The molecule has 0 aliphatic rings. The topological polar surface area (TPSA) is 321 Å². The van der Waals surface area contributed by atoms with Gasteiger partial charge in [0.2, 0.25) is 35.4 Å². The number of unbranched alkanes of at least 4 members (excludes halogenated alkanes) is 1. The number of carbonyl (C=O) groups is 8. The zero-order valence-electron chi connectivity index (χ0n) is 29.0. The summed E-state index contributed by atoms with van der Waals surface area (Å²) in [6, 6.07) is -7.76. The van der Waals surface area contributed by atoms with Crippen molar-refractivity contribution in [2.45, 2.75) is 102 Å². The summed E-state index contributed by atoms with van der Waals surface area (Å²) in [5.41, 5.74) is 10.9. The number of hydrogen-bond acceptors (Lipinski definition) is 12. The first-order valence-electron chi connectivity index (χ1n) is 16.3. The Hall–Kier alpha value is -4.01. The Morgan fingerprint density at radius 3 is 1.68 bits per heavy atom. The first-order valence-corrected chi connectivity index (χ1v) is 17.7. The maximum Gasteiger partial charge on any atom is 0.326 e. The summed E-state index contributed by atoms with van der Waals surface area (Å²) in [7, 11) is 0.